The Morgan fingerprint density at radius 3 is 2.81 bits per heavy atom. The van der Waals surface area contributed by atoms with Gasteiger partial charge in [0.25, 0.3) is 0 Å². The summed E-state index contributed by atoms with van der Waals surface area (Å²) in [6, 6.07) is 0.990. The molecule has 0 amide bonds. The fraction of sp³-hybridized carbons (Fsp3) is 0.444. The van der Waals surface area contributed by atoms with Crippen molar-refractivity contribution in [2.45, 2.75) is 16.1 Å². The van der Waals surface area contributed by atoms with E-state index in [0.717, 1.165) is 18.7 Å². The van der Waals surface area contributed by atoms with Gasteiger partial charge in [-0.3, -0.25) is 4.98 Å². The maximum absolute atomic E-state index is 12.9. The number of halogens is 2. The molecule has 1 aromatic rings. The van der Waals surface area contributed by atoms with Crippen molar-refractivity contribution in [1.29, 1.82) is 0 Å². The van der Waals surface area contributed by atoms with E-state index in [1.807, 2.05) is 0 Å². The van der Waals surface area contributed by atoms with Crippen molar-refractivity contribution in [1.82, 2.24) is 9.29 Å². The normalized spacial score (nSPS) is 22.5. The zero-order chi connectivity index (χ0) is 11.8. The SMILES string of the molecule is O=S(=O)(c1cncc(F)c1)N1CCC(Br)C1. The van der Waals surface area contributed by atoms with Crippen molar-refractivity contribution in [2.75, 3.05) is 13.1 Å². The molecule has 0 saturated carbocycles. The molecule has 4 nitrogen and oxygen atoms in total. The highest BCUT2D eigenvalue weighted by Gasteiger charge is 2.31. The third-order valence-corrected chi connectivity index (χ3v) is 4.99. The van der Waals surface area contributed by atoms with Gasteiger partial charge in [-0.25, -0.2) is 12.8 Å². The molecule has 1 saturated heterocycles. The monoisotopic (exact) mass is 308 g/mol. The van der Waals surface area contributed by atoms with Crippen LogP contribution >= 0.6 is 15.9 Å². The molecule has 0 N–H and O–H groups in total. The first-order valence-electron chi connectivity index (χ1n) is 4.75. The highest BCUT2D eigenvalue weighted by atomic mass is 79.9. The minimum absolute atomic E-state index is 0.0888. The molecule has 0 radical (unpaired) electrons. The third kappa shape index (κ3) is 2.26. The Morgan fingerprint density at radius 1 is 1.50 bits per heavy atom. The number of aromatic nitrogens is 1. The van der Waals surface area contributed by atoms with Crippen molar-refractivity contribution in [3.63, 3.8) is 0 Å². The van der Waals surface area contributed by atoms with Gasteiger partial charge in [-0.2, -0.15) is 4.31 Å². The Bertz CT molecular complexity index is 494. The first kappa shape index (κ1) is 11.9. The Morgan fingerprint density at radius 2 is 2.25 bits per heavy atom. The molecule has 1 atom stereocenters. The van der Waals surface area contributed by atoms with Crippen LogP contribution < -0.4 is 0 Å². The van der Waals surface area contributed by atoms with E-state index in [0.29, 0.717) is 13.1 Å². The van der Waals surface area contributed by atoms with Crippen LogP contribution in [0.2, 0.25) is 0 Å². The second-order valence-electron chi connectivity index (χ2n) is 3.59. The number of pyridine rings is 1. The van der Waals surface area contributed by atoms with Gasteiger partial charge in [-0.15, -0.1) is 0 Å². The van der Waals surface area contributed by atoms with E-state index < -0.39 is 15.8 Å². The van der Waals surface area contributed by atoms with E-state index in [-0.39, 0.29) is 9.72 Å². The zero-order valence-electron chi connectivity index (χ0n) is 8.31. The second kappa shape index (κ2) is 4.38. The van der Waals surface area contributed by atoms with E-state index in [2.05, 4.69) is 20.9 Å². The highest BCUT2D eigenvalue weighted by molar-refractivity contribution is 9.09. The quantitative estimate of drug-likeness (QED) is 0.776. The molecule has 88 valence electrons. The van der Waals surface area contributed by atoms with Gasteiger partial charge in [-0.1, -0.05) is 15.9 Å². The predicted molar refractivity (Wildman–Crippen MR) is 60.3 cm³/mol. The lowest BCUT2D eigenvalue weighted by Crippen LogP contribution is -2.29. The van der Waals surface area contributed by atoms with Gasteiger partial charge in [0.05, 0.1) is 6.20 Å². The van der Waals surface area contributed by atoms with Gasteiger partial charge in [0.15, 0.2) is 0 Å². The lowest BCUT2D eigenvalue weighted by atomic mass is 10.4. The second-order valence-corrected chi connectivity index (χ2v) is 6.82. The van der Waals surface area contributed by atoms with Crippen LogP contribution in [0.1, 0.15) is 6.42 Å². The smallest absolute Gasteiger partial charge is 0.244 e. The van der Waals surface area contributed by atoms with Crippen LogP contribution in [0.4, 0.5) is 4.39 Å². The molecule has 1 unspecified atom stereocenters. The van der Waals surface area contributed by atoms with Crippen molar-refractivity contribution in [2.24, 2.45) is 0 Å². The molecule has 1 aromatic heterocycles. The van der Waals surface area contributed by atoms with Crippen molar-refractivity contribution in [3.05, 3.63) is 24.3 Å². The van der Waals surface area contributed by atoms with E-state index in [9.17, 15) is 12.8 Å². The summed E-state index contributed by atoms with van der Waals surface area (Å²) in [6.45, 7) is 0.869. The Labute approximate surface area is 102 Å². The summed E-state index contributed by atoms with van der Waals surface area (Å²) in [7, 11) is -3.59. The summed E-state index contributed by atoms with van der Waals surface area (Å²) in [5, 5.41) is 0. The molecule has 0 aliphatic carbocycles. The van der Waals surface area contributed by atoms with E-state index in [4.69, 9.17) is 0 Å². The number of nitrogens with zero attached hydrogens (tertiary/aromatic N) is 2. The summed E-state index contributed by atoms with van der Waals surface area (Å²) in [5.74, 6) is -0.643. The van der Waals surface area contributed by atoms with Crippen LogP contribution in [-0.2, 0) is 10.0 Å². The van der Waals surface area contributed by atoms with Crippen LogP contribution in [0.15, 0.2) is 23.4 Å². The van der Waals surface area contributed by atoms with Gasteiger partial charge in [0, 0.05) is 24.1 Å². The zero-order valence-corrected chi connectivity index (χ0v) is 10.7. The van der Waals surface area contributed by atoms with Gasteiger partial charge in [-0.05, 0) is 12.5 Å². The maximum atomic E-state index is 12.9. The summed E-state index contributed by atoms with van der Waals surface area (Å²) >= 11 is 3.36. The Balaban J connectivity index is 2.32. The number of alkyl halides is 1. The number of hydrogen-bond acceptors (Lipinski definition) is 3. The molecule has 16 heavy (non-hydrogen) atoms. The molecule has 0 aromatic carbocycles. The van der Waals surface area contributed by atoms with E-state index in [1.54, 1.807) is 0 Å². The van der Waals surface area contributed by atoms with E-state index >= 15 is 0 Å². The molecule has 1 aliphatic heterocycles. The molecule has 2 rings (SSSR count). The number of sulfonamides is 1. The van der Waals surface area contributed by atoms with Crippen molar-refractivity contribution < 1.29 is 12.8 Å². The molecule has 0 spiro atoms. The van der Waals surface area contributed by atoms with Gasteiger partial charge >= 0.3 is 0 Å². The lowest BCUT2D eigenvalue weighted by Gasteiger charge is -2.15. The first-order chi connectivity index (χ1) is 7.50. The van der Waals surface area contributed by atoms with Crippen molar-refractivity contribution >= 4 is 26.0 Å². The fourth-order valence-electron chi connectivity index (χ4n) is 1.59. The molecule has 7 heteroatoms. The van der Waals surface area contributed by atoms with Crippen LogP contribution in [0.25, 0.3) is 0 Å². The van der Waals surface area contributed by atoms with Crippen LogP contribution in [0.3, 0.4) is 0 Å². The topological polar surface area (TPSA) is 50.3 Å². The minimum atomic E-state index is -3.59. The minimum Gasteiger partial charge on any atom is -0.260 e. The Hall–Kier alpha value is -0.530. The lowest BCUT2D eigenvalue weighted by molar-refractivity contribution is 0.477. The average Bonchev–Trinajstić information content (AvgIpc) is 2.65. The maximum Gasteiger partial charge on any atom is 0.244 e. The summed E-state index contributed by atoms with van der Waals surface area (Å²) in [6.07, 6.45) is 2.91. The molecule has 1 fully saturated rings. The molecule has 2 heterocycles. The summed E-state index contributed by atoms with van der Waals surface area (Å²) in [4.78, 5) is 3.63. The highest BCUT2D eigenvalue weighted by Crippen LogP contribution is 2.24. The molecular weight excluding hydrogens is 299 g/mol. The van der Waals surface area contributed by atoms with Crippen molar-refractivity contribution in [3.8, 4) is 0 Å². The summed E-state index contributed by atoms with van der Waals surface area (Å²) < 4.78 is 38.3. The number of hydrogen-bond donors (Lipinski definition) is 0. The third-order valence-electron chi connectivity index (χ3n) is 2.41. The largest absolute Gasteiger partial charge is 0.260 e. The predicted octanol–water partition coefficient (Wildman–Crippen LogP) is 1.38. The van der Waals surface area contributed by atoms with Crippen LogP contribution in [0, 0.1) is 5.82 Å². The molecule has 0 bridgehead atoms. The number of rotatable bonds is 2. The van der Waals surface area contributed by atoms with Gasteiger partial charge in [0.2, 0.25) is 10.0 Å². The first-order valence-corrected chi connectivity index (χ1v) is 7.10. The molecular formula is C9H10BrFN2O2S. The van der Waals surface area contributed by atoms with Crippen LogP contribution in [-0.4, -0.2) is 35.6 Å². The Kier molecular flexibility index (Phi) is 3.27. The van der Waals surface area contributed by atoms with Gasteiger partial charge in [0.1, 0.15) is 10.7 Å². The molecule has 1 aliphatic rings. The van der Waals surface area contributed by atoms with Gasteiger partial charge < -0.3 is 0 Å². The summed E-state index contributed by atoms with van der Waals surface area (Å²) in [5.41, 5.74) is 0. The average molecular weight is 309 g/mol. The van der Waals surface area contributed by atoms with Crippen LogP contribution in [0.5, 0.6) is 0 Å². The fourth-order valence-corrected chi connectivity index (χ4v) is 3.81. The van der Waals surface area contributed by atoms with E-state index in [1.165, 1.54) is 10.5 Å². The standard InChI is InChI=1S/C9H10BrFN2O2S/c10-7-1-2-13(6-7)16(14,15)9-3-8(11)4-12-5-9/h3-5,7H,1-2,6H2.